The molecule has 2 heterocycles. The maximum absolute atomic E-state index is 12.8. The second kappa shape index (κ2) is 7.31. The number of aromatic nitrogens is 2. The number of fused-ring (bicyclic) bond motifs is 1. The fourth-order valence-electron chi connectivity index (χ4n) is 3.71. The van der Waals surface area contributed by atoms with Crippen molar-refractivity contribution in [2.75, 3.05) is 30.4 Å². The van der Waals surface area contributed by atoms with Crippen LogP contribution in [0.25, 0.3) is 11.0 Å². The van der Waals surface area contributed by atoms with Crippen molar-refractivity contribution in [1.82, 2.24) is 9.55 Å². The van der Waals surface area contributed by atoms with E-state index in [1.807, 2.05) is 49.5 Å². The minimum atomic E-state index is -0.0549. The zero-order valence-electron chi connectivity index (χ0n) is 15.7. The summed E-state index contributed by atoms with van der Waals surface area (Å²) >= 11 is 0. The first-order chi connectivity index (χ1) is 13.2. The molecule has 27 heavy (non-hydrogen) atoms. The Morgan fingerprint density at radius 3 is 2.70 bits per heavy atom. The summed E-state index contributed by atoms with van der Waals surface area (Å²) in [5.41, 5.74) is 2.89. The third-order valence-corrected chi connectivity index (χ3v) is 5.20. The van der Waals surface area contributed by atoms with E-state index in [0.717, 1.165) is 47.8 Å². The maximum atomic E-state index is 12.8. The number of aryl methyl sites for hydroxylation is 1. The molecule has 0 saturated carbocycles. The van der Waals surface area contributed by atoms with Crippen LogP contribution >= 0.6 is 0 Å². The summed E-state index contributed by atoms with van der Waals surface area (Å²) in [6.45, 7) is 1.60. The molecule has 1 aliphatic rings. The molecule has 1 saturated heterocycles. The Morgan fingerprint density at radius 2 is 1.96 bits per heavy atom. The molecule has 0 radical (unpaired) electrons. The van der Waals surface area contributed by atoms with Crippen molar-refractivity contribution < 1.29 is 9.53 Å². The summed E-state index contributed by atoms with van der Waals surface area (Å²) in [7, 11) is 3.66. The van der Waals surface area contributed by atoms with Crippen molar-refractivity contribution in [3.63, 3.8) is 0 Å². The summed E-state index contributed by atoms with van der Waals surface area (Å²) in [5, 5.41) is 3.03. The number of hydrogen-bond donors (Lipinski definition) is 1. The highest BCUT2D eigenvalue weighted by Gasteiger charge is 2.28. The third-order valence-electron chi connectivity index (χ3n) is 5.20. The van der Waals surface area contributed by atoms with Gasteiger partial charge in [0.25, 0.3) is 0 Å². The van der Waals surface area contributed by atoms with Crippen LogP contribution in [-0.4, -0.2) is 35.7 Å². The van der Waals surface area contributed by atoms with Crippen LogP contribution in [0.2, 0.25) is 0 Å². The van der Waals surface area contributed by atoms with Crippen LogP contribution in [0.5, 0.6) is 5.75 Å². The largest absolute Gasteiger partial charge is 0.497 e. The molecule has 3 aromatic rings. The molecule has 6 heteroatoms. The highest BCUT2D eigenvalue weighted by Crippen LogP contribution is 2.26. The Morgan fingerprint density at radius 1 is 1.19 bits per heavy atom. The van der Waals surface area contributed by atoms with E-state index in [4.69, 9.17) is 9.72 Å². The van der Waals surface area contributed by atoms with E-state index >= 15 is 0 Å². The summed E-state index contributed by atoms with van der Waals surface area (Å²) in [4.78, 5) is 19.8. The molecule has 140 valence electrons. The summed E-state index contributed by atoms with van der Waals surface area (Å²) in [5.74, 6) is 1.71. The van der Waals surface area contributed by atoms with E-state index < -0.39 is 0 Å². The lowest BCUT2D eigenvalue weighted by Gasteiger charge is -2.32. The molecule has 0 spiro atoms. The molecule has 1 N–H and O–H groups in total. The number of nitrogens with zero attached hydrogens (tertiary/aromatic N) is 3. The van der Waals surface area contributed by atoms with Crippen molar-refractivity contribution in [1.29, 1.82) is 0 Å². The van der Waals surface area contributed by atoms with Crippen molar-refractivity contribution in [3.8, 4) is 5.75 Å². The minimum Gasteiger partial charge on any atom is -0.497 e. The fraction of sp³-hybridized carbons (Fsp3) is 0.333. The number of anilines is 2. The van der Waals surface area contributed by atoms with E-state index in [1.165, 1.54) is 0 Å². The van der Waals surface area contributed by atoms with Crippen LogP contribution in [0.15, 0.2) is 48.5 Å². The van der Waals surface area contributed by atoms with Gasteiger partial charge in [-0.3, -0.25) is 4.79 Å². The number of ether oxygens (including phenoxy) is 1. The Kier molecular flexibility index (Phi) is 4.71. The van der Waals surface area contributed by atoms with Crippen LogP contribution in [0, 0.1) is 5.92 Å². The van der Waals surface area contributed by atoms with E-state index in [0.29, 0.717) is 6.54 Å². The van der Waals surface area contributed by atoms with Crippen molar-refractivity contribution >= 4 is 28.6 Å². The van der Waals surface area contributed by atoms with Gasteiger partial charge in [-0.15, -0.1) is 0 Å². The van der Waals surface area contributed by atoms with E-state index in [1.54, 1.807) is 7.11 Å². The zero-order chi connectivity index (χ0) is 18.8. The predicted octanol–water partition coefficient (Wildman–Crippen LogP) is 3.44. The number of amides is 1. The topological polar surface area (TPSA) is 59.4 Å². The molecule has 1 unspecified atom stereocenters. The number of imidazole rings is 1. The van der Waals surface area contributed by atoms with Gasteiger partial charge in [0, 0.05) is 25.8 Å². The van der Waals surface area contributed by atoms with Gasteiger partial charge in [-0.25, -0.2) is 4.98 Å². The van der Waals surface area contributed by atoms with Crippen LogP contribution in [0.1, 0.15) is 12.8 Å². The van der Waals surface area contributed by atoms with Crippen LogP contribution < -0.4 is 15.0 Å². The van der Waals surface area contributed by atoms with Gasteiger partial charge in [-0.1, -0.05) is 12.1 Å². The lowest BCUT2D eigenvalue weighted by molar-refractivity contribution is -0.120. The molecule has 1 aliphatic heterocycles. The number of para-hydroxylation sites is 2. The SMILES string of the molecule is COc1ccc(NC(=O)C2CCCN(c3nc4ccccc4n3C)C2)cc1. The second-order valence-corrected chi connectivity index (χ2v) is 6.96. The molecule has 2 aromatic carbocycles. The number of nitrogens with one attached hydrogen (secondary N) is 1. The first-order valence-electron chi connectivity index (χ1n) is 9.27. The van der Waals surface area contributed by atoms with Gasteiger partial charge in [0.15, 0.2) is 0 Å². The Hall–Kier alpha value is -3.02. The average molecular weight is 364 g/mol. The number of carbonyl (C=O) groups excluding carboxylic acids is 1. The smallest absolute Gasteiger partial charge is 0.229 e. The number of methoxy groups -OCH3 is 1. The van der Waals surface area contributed by atoms with Crippen LogP contribution in [0.3, 0.4) is 0 Å². The zero-order valence-corrected chi connectivity index (χ0v) is 15.7. The number of carbonyl (C=O) groups is 1. The Bertz CT molecular complexity index is 948. The van der Waals surface area contributed by atoms with Crippen LogP contribution in [0.4, 0.5) is 11.6 Å². The van der Waals surface area contributed by atoms with Gasteiger partial charge in [0.1, 0.15) is 5.75 Å². The predicted molar refractivity (Wildman–Crippen MR) is 107 cm³/mol. The summed E-state index contributed by atoms with van der Waals surface area (Å²) in [6.07, 6.45) is 1.87. The Balaban J connectivity index is 1.48. The first kappa shape index (κ1) is 17.4. The quantitative estimate of drug-likeness (QED) is 0.770. The molecular formula is C21H24N4O2. The van der Waals surface area contributed by atoms with Gasteiger partial charge in [0.2, 0.25) is 11.9 Å². The molecule has 1 aromatic heterocycles. The normalized spacial score (nSPS) is 17.1. The average Bonchev–Trinajstić information content (AvgIpc) is 3.05. The Labute approximate surface area is 158 Å². The van der Waals surface area contributed by atoms with Gasteiger partial charge in [-0.05, 0) is 49.2 Å². The molecule has 0 aliphatic carbocycles. The highest BCUT2D eigenvalue weighted by atomic mass is 16.5. The standard InChI is InChI=1S/C21H24N4O2/c1-24-19-8-4-3-7-18(19)23-21(24)25-13-5-6-15(14-25)20(26)22-16-9-11-17(27-2)12-10-16/h3-4,7-12,15H,5-6,13-14H2,1-2H3,(H,22,26). The minimum absolute atomic E-state index is 0.0549. The molecule has 1 fully saturated rings. The van der Waals surface area contributed by atoms with Gasteiger partial charge in [-0.2, -0.15) is 0 Å². The van der Waals surface area contributed by atoms with E-state index in [-0.39, 0.29) is 11.8 Å². The van der Waals surface area contributed by atoms with Gasteiger partial charge < -0.3 is 19.5 Å². The molecular weight excluding hydrogens is 340 g/mol. The van der Waals surface area contributed by atoms with Crippen molar-refractivity contribution in [3.05, 3.63) is 48.5 Å². The lowest BCUT2D eigenvalue weighted by Crippen LogP contribution is -2.41. The van der Waals surface area contributed by atoms with E-state index in [2.05, 4.69) is 20.9 Å². The first-order valence-corrected chi connectivity index (χ1v) is 9.27. The molecule has 6 nitrogen and oxygen atoms in total. The second-order valence-electron chi connectivity index (χ2n) is 6.96. The highest BCUT2D eigenvalue weighted by molar-refractivity contribution is 5.93. The molecule has 1 atom stereocenters. The number of benzene rings is 2. The number of piperidine rings is 1. The van der Waals surface area contributed by atoms with Crippen molar-refractivity contribution in [2.24, 2.45) is 13.0 Å². The summed E-state index contributed by atoms with van der Waals surface area (Å²) in [6, 6.07) is 15.5. The van der Waals surface area contributed by atoms with Gasteiger partial charge >= 0.3 is 0 Å². The summed E-state index contributed by atoms with van der Waals surface area (Å²) < 4.78 is 7.27. The third kappa shape index (κ3) is 3.47. The lowest BCUT2D eigenvalue weighted by atomic mass is 9.97. The monoisotopic (exact) mass is 364 g/mol. The van der Waals surface area contributed by atoms with Gasteiger partial charge in [0.05, 0.1) is 24.1 Å². The maximum Gasteiger partial charge on any atom is 0.229 e. The molecule has 0 bridgehead atoms. The number of rotatable bonds is 4. The number of hydrogen-bond acceptors (Lipinski definition) is 4. The molecule has 4 rings (SSSR count). The van der Waals surface area contributed by atoms with Crippen LogP contribution in [-0.2, 0) is 11.8 Å². The van der Waals surface area contributed by atoms with Crippen molar-refractivity contribution in [2.45, 2.75) is 12.8 Å². The molecule has 1 amide bonds. The van der Waals surface area contributed by atoms with E-state index in [9.17, 15) is 4.79 Å². The fourth-order valence-corrected chi connectivity index (χ4v) is 3.71.